The van der Waals surface area contributed by atoms with Crippen LogP contribution in [0.4, 0.5) is 5.69 Å². The fraction of sp³-hybridized carbons (Fsp3) is 0.167. The van der Waals surface area contributed by atoms with E-state index in [1.165, 1.54) is 5.56 Å². The van der Waals surface area contributed by atoms with Crippen LogP contribution in [-0.4, -0.2) is 12.0 Å². The van der Waals surface area contributed by atoms with Crippen LogP contribution in [0, 0.1) is 0 Å². The average molecular weight is 264 g/mol. The van der Waals surface area contributed by atoms with E-state index in [1.54, 1.807) is 0 Å². The molecular weight excluding hydrogens is 244 g/mol. The van der Waals surface area contributed by atoms with Gasteiger partial charge in [0.05, 0.1) is 11.2 Å². The van der Waals surface area contributed by atoms with Gasteiger partial charge in [0.25, 0.3) is 0 Å². The van der Waals surface area contributed by atoms with Crippen molar-refractivity contribution in [2.75, 3.05) is 12.4 Å². The maximum absolute atomic E-state index is 4.42. The Morgan fingerprint density at radius 2 is 2.20 bits per heavy atom. The van der Waals surface area contributed by atoms with E-state index in [9.17, 15) is 0 Å². The third-order valence-electron chi connectivity index (χ3n) is 3.10. The lowest BCUT2D eigenvalue weighted by atomic mass is 10.0. The van der Waals surface area contributed by atoms with Crippen molar-refractivity contribution < 1.29 is 0 Å². The third kappa shape index (κ3) is 3.35. The van der Waals surface area contributed by atoms with Gasteiger partial charge in [0.1, 0.15) is 0 Å². The van der Waals surface area contributed by atoms with E-state index in [-0.39, 0.29) is 0 Å². The van der Waals surface area contributed by atoms with Crippen LogP contribution in [0.5, 0.6) is 0 Å². The molecule has 0 aliphatic carbocycles. The smallest absolute Gasteiger partial charge is 0.0933 e. The van der Waals surface area contributed by atoms with Gasteiger partial charge in [0.2, 0.25) is 0 Å². The summed E-state index contributed by atoms with van der Waals surface area (Å²) in [6, 6.07) is 8.37. The van der Waals surface area contributed by atoms with Gasteiger partial charge in [-0.1, -0.05) is 42.5 Å². The molecule has 0 radical (unpaired) electrons. The first-order chi connectivity index (χ1) is 9.74. The normalized spacial score (nSPS) is 11.5. The molecule has 102 valence electrons. The molecule has 2 rings (SSSR count). The summed E-state index contributed by atoms with van der Waals surface area (Å²) in [5.74, 6) is 0. The standard InChI is InChI=1S/C18H20N2/c1-4-5-6-8-14(2)11-15-12-16-9-7-10-20-18(16)17(13-15)19-3/h4-10,12-13,19H,2,11H2,1,3H3/b5-4-,8-6-. The summed E-state index contributed by atoms with van der Waals surface area (Å²) in [5.41, 5.74) is 4.40. The number of hydrogen-bond donors (Lipinski definition) is 1. The van der Waals surface area contributed by atoms with Gasteiger partial charge in [-0.25, -0.2) is 0 Å². The maximum atomic E-state index is 4.42. The summed E-state index contributed by atoms with van der Waals surface area (Å²) in [7, 11) is 1.92. The number of allylic oxidation sites excluding steroid dienone is 5. The molecule has 0 aliphatic heterocycles. The van der Waals surface area contributed by atoms with Crippen LogP contribution in [0.15, 0.2) is 66.9 Å². The molecule has 0 aliphatic rings. The highest BCUT2D eigenvalue weighted by molar-refractivity contribution is 5.91. The largest absolute Gasteiger partial charge is 0.386 e. The van der Waals surface area contributed by atoms with Gasteiger partial charge in [-0.3, -0.25) is 4.98 Å². The van der Waals surface area contributed by atoms with E-state index in [2.05, 4.69) is 35.1 Å². The van der Waals surface area contributed by atoms with Crippen LogP contribution in [0.2, 0.25) is 0 Å². The third-order valence-corrected chi connectivity index (χ3v) is 3.10. The first kappa shape index (κ1) is 14.1. The monoisotopic (exact) mass is 264 g/mol. The van der Waals surface area contributed by atoms with Gasteiger partial charge < -0.3 is 5.32 Å². The van der Waals surface area contributed by atoms with E-state index in [1.807, 2.05) is 50.5 Å². The molecule has 0 unspecified atom stereocenters. The number of hydrogen-bond acceptors (Lipinski definition) is 2. The molecular formula is C18H20N2. The number of pyridine rings is 1. The Morgan fingerprint density at radius 1 is 1.35 bits per heavy atom. The predicted molar refractivity (Wildman–Crippen MR) is 88.1 cm³/mol. The minimum Gasteiger partial charge on any atom is -0.386 e. The summed E-state index contributed by atoms with van der Waals surface area (Å²) in [6.07, 6.45) is 10.7. The Kier molecular flexibility index (Phi) is 4.72. The molecule has 0 spiro atoms. The zero-order valence-corrected chi connectivity index (χ0v) is 12.1. The summed E-state index contributed by atoms with van der Waals surface area (Å²) < 4.78 is 0. The van der Waals surface area contributed by atoms with Crippen molar-refractivity contribution >= 4 is 16.6 Å². The topological polar surface area (TPSA) is 24.9 Å². The molecule has 0 atom stereocenters. The van der Waals surface area contributed by atoms with Gasteiger partial charge in [0, 0.05) is 18.6 Å². The summed E-state index contributed by atoms with van der Waals surface area (Å²) in [6.45, 7) is 6.10. The Bertz CT molecular complexity index is 666. The molecule has 2 aromatic rings. The number of aromatic nitrogens is 1. The van der Waals surface area contributed by atoms with Crippen LogP contribution in [0.25, 0.3) is 10.9 Å². The fourth-order valence-electron chi connectivity index (χ4n) is 2.17. The molecule has 1 N–H and O–H groups in total. The second kappa shape index (κ2) is 6.71. The summed E-state index contributed by atoms with van der Waals surface area (Å²) in [5, 5.41) is 4.37. The Labute approximate surface area is 120 Å². The summed E-state index contributed by atoms with van der Waals surface area (Å²) in [4.78, 5) is 4.42. The Hall–Kier alpha value is -2.35. The molecule has 0 bridgehead atoms. The number of nitrogens with zero attached hydrogens (tertiary/aromatic N) is 1. The molecule has 0 saturated carbocycles. The SMILES string of the molecule is C=C(/C=C\C=C/C)Cc1cc(NC)c2ncccc2c1. The van der Waals surface area contributed by atoms with Crippen molar-refractivity contribution in [2.24, 2.45) is 0 Å². The highest BCUT2D eigenvalue weighted by Gasteiger charge is 2.04. The van der Waals surface area contributed by atoms with Crippen molar-refractivity contribution in [2.45, 2.75) is 13.3 Å². The first-order valence-corrected chi connectivity index (χ1v) is 6.77. The van der Waals surface area contributed by atoms with Crippen LogP contribution < -0.4 is 5.32 Å². The van der Waals surface area contributed by atoms with E-state index in [4.69, 9.17) is 0 Å². The molecule has 0 amide bonds. The van der Waals surface area contributed by atoms with E-state index in [0.29, 0.717) is 0 Å². The van der Waals surface area contributed by atoms with Gasteiger partial charge in [-0.2, -0.15) is 0 Å². The van der Waals surface area contributed by atoms with Crippen molar-refractivity contribution in [1.29, 1.82) is 0 Å². The zero-order chi connectivity index (χ0) is 14.4. The van der Waals surface area contributed by atoms with Crippen LogP contribution in [0.3, 0.4) is 0 Å². The fourth-order valence-corrected chi connectivity index (χ4v) is 2.17. The van der Waals surface area contributed by atoms with Crippen molar-refractivity contribution in [3.63, 3.8) is 0 Å². The molecule has 1 aromatic heterocycles. The minimum atomic E-state index is 0.841. The minimum absolute atomic E-state index is 0.841. The number of rotatable bonds is 5. The number of fused-ring (bicyclic) bond motifs is 1. The number of anilines is 1. The molecule has 2 heteroatoms. The van der Waals surface area contributed by atoms with Gasteiger partial charge in [-0.15, -0.1) is 0 Å². The zero-order valence-electron chi connectivity index (χ0n) is 12.1. The molecule has 20 heavy (non-hydrogen) atoms. The molecule has 1 aromatic carbocycles. The molecule has 2 nitrogen and oxygen atoms in total. The quantitative estimate of drug-likeness (QED) is 0.804. The van der Waals surface area contributed by atoms with Crippen molar-refractivity contribution in [3.8, 4) is 0 Å². The van der Waals surface area contributed by atoms with Crippen molar-refractivity contribution in [3.05, 3.63) is 72.5 Å². The Morgan fingerprint density at radius 3 is 2.95 bits per heavy atom. The predicted octanol–water partition coefficient (Wildman–Crippen LogP) is 4.51. The first-order valence-electron chi connectivity index (χ1n) is 6.77. The van der Waals surface area contributed by atoms with Gasteiger partial charge >= 0.3 is 0 Å². The second-order valence-corrected chi connectivity index (χ2v) is 4.69. The average Bonchev–Trinajstić information content (AvgIpc) is 2.46. The highest BCUT2D eigenvalue weighted by Crippen LogP contribution is 2.24. The van der Waals surface area contributed by atoms with Crippen molar-refractivity contribution in [1.82, 2.24) is 4.98 Å². The lowest BCUT2D eigenvalue weighted by Gasteiger charge is -2.09. The van der Waals surface area contributed by atoms with Crippen LogP contribution in [0.1, 0.15) is 12.5 Å². The maximum Gasteiger partial charge on any atom is 0.0933 e. The van der Waals surface area contributed by atoms with E-state index < -0.39 is 0 Å². The van der Waals surface area contributed by atoms with Gasteiger partial charge in [-0.05, 0) is 37.1 Å². The summed E-state index contributed by atoms with van der Waals surface area (Å²) >= 11 is 0. The highest BCUT2D eigenvalue weighted by atomic mass is 14.8. The lowest BCUT2D eigenvalue weighted by Crippen LogP contribution is -1.95. The molecule has 1 heterocycles. The molecule has 0 saturated heterocycles. The number of benzene rings is 1. The van der Waals surface area contributed by atoms with Crippen LogP contribution >= 0.6 is 0 Å². The Balaban J connectivity index is 2.29. The van der Waals surface area contributed by atoms with E-state index >= 15 is 0 Å². The molecule has 0 fully saturated rings. The lowest BCUT2D eigenvalue weighted by molar-refractivity contribution is 1.21. The number of nitrogens with one attached hydrogen (secondary N) is 1. The second-order valence-electron chi connectivity index (χ2n) is 4.69. The van der Waals surface area contributed by atoms with Gasteiger partial charge in [0.15, 0.2) is 0 Å². The van der Waals surface area contributed by atoms with Crippen LogP contribution in [-0.2, 0) is 6.42 Å². The van der Waals surface area contributed by atoms with E-state index in [0.717, 1.165) is 28.6 Å².